The van der Waals surface area contributed by atoms with E-state index in [2.05, 4.69) is 11.2 Å². The third-order valence-corrected chi connectivity index (χ3v) is 1.46. The molecule has 0 aliphatic rings. The van der Waals surface area contributed by atoms with Crippen molar-refractivity contribution in [1.82, 2.24) is 5.32 Å². The van der Waals surface area contributed by atoms with Gasteiger partial charge in [0, 0.05) is 13.2 Å². The maximum absolute atomic E-state index is 5.43. The second kappa shape index (κ2) is 9.53. The lowest BCUT2D eigenvalue weighted by Crippen LogP contribution is -2.24. The van der Waals surface area contributed by atoms with Crippen molar-refractivity contribution in [1.29, 1.82) is 0 Å². The lowest BCUT2D eigenvalue weighted by Gasteiger charge is -2.12. The molecule has 0 aliphatic heterocycles. The first kappa shape index (κ1) is 12.4. The maximum atomic E-state index is 5.43. The van der Waals surface area contributed by atoms with Crippen LogP contribution in [0.3, 0.4) is 0 Å². The van der Waals surface area contributed by atoms with Crippen molar-refractivity contribution in [2.75, 3.05) is 32.9 Å². The zero-order chi connectivity index (χ0) is 9.94. The van der Waals surface area contributed by atoms with Crippen molar-refractivity contribution >= 4 is 0 Å². The first-order chi connectivity index (χ1) is 6.31. The van der Waals surface area contributed by atoms with Crippen LogP contribution in [-0.2, 0) is 9.47 Å². The van der Waals surface area contributed by atoms with Crippen molar-refractivity contribution in [3.05, 3.63) is 0 Å². The Morgan fingerprint density at radius 1 is 1.54 bits per heavy atom. The molecule has 0 saturated heterocycles. The van der Waals surface area contributed by atoms with Crippen molar-refractivity contribution < 1.29 is 9.47 Å². The summed E-state index contributed by atoms with van der Waals surface area (Å²) < 4.78 is 10.6. The summed E-state index contributed by atoms with van der Waals surface area (Å²) in [5.74, 6) is 2.50. The standard InChI is InChI=1S/C10H19NO2/c1-4-6-11-7-8-13-10(3)9-12-5-2/h1,10-11H,5-9H2,2-3H3. The van der Waals surface area contributed by atoms with E-state index in [0.717, 1.165) is 13.2 Å². The molecule has 0 aromatic heterocycles. The predicted molar refractivity (Wildman–Crippen MR) is 53.6 cm³/mol. The van der Waals surface area contributed by atoms with Crippen LogP contribution in [0.4, 0.5) is 0 Å². The SMILES string of the molecule is C#CCNCCOC(C)COCC. The molecule has 0 amide bonds. The monoisotopic (exact) mass is 185 g/mol. The van der Waals surface area contributed by atoms with Crippen LogP contribution in [0.15, 0.2) is 0 Å². The molecule has 13 heavy (non-hydrogen) atoms. The van der Waals surface area contributed by atoms with Gasteiger partial charge < -0.3 is 14.8 Å². The highest BCUT2D eigenvalue weighted by atomic mass is 16.5. The first-order valence-corrected chi connectivity index (χ1v) is 4.64. The minimum absolute atomic E-state index is 0.160. The molecule has 0 radical (unpaired) electrons. The Morgan fingerprint density at radius 3 is 2.92 bits per heavy atom. The van der Waals surface area contributed by atoms with Crippen LogP contribution in [0.1, 0.15) is 13.8 Å². The number of terminal acetylenes is 1. The molecule has 0 fully saturated rings. The van der Waals surface area contributed by atoms with Gasteiger partial charge in [-0.05, 0) is 13.8 Å². The molecule has 0 aliphatic carbocycles. The second-order valence-electron chi connectivity index (χ2n) is 2.72. The van der Waals surface area contributed by atoms with E-state index in [1.165, 1.54) is 0 Å². The van der Waals surface area contributed by atoms with Gasteiger partial charge in [0.05, 0.1) is 25.9 Å². The normalized spacial score (nSPS) is 12.4. The largest absolute Gasteiger partial charge is 0.379 e. The van der Waals surface area contributed by atoms with Gasteiger partial charge in [-0.15, -0.1) is 6.42 Å². The van der Waals surface area contributed by atoms with E-state index in [9.17, 15) is 0 Å². The lowest BCUT2D eigenvalue weighted by molar-refractivity contribution is -0.00166. The summed E-state index contributed by atoms with van der Waals surface area (Å²) in [4.78, 5) is 0. The van der Waals surface area contributed by atoms with E-state index in [4.69, 9.17) is 15.9 Å². The average molecular weight is 185 g/mol. The molecule has 1 unspecified atom stereocenters. The minimum atomic E-state index is 0.160. The lowest BCUT2D eigenvalue weighted by atomic mass is 10.4. The van der Waals surface area contributed by atoms with Gasteiger partial charge in [0.15, 0.2) is 0 Å². The van der Waals surface area contributed by atoms with E-state index >= 15 is 0 Å². The van der Waals surface area contributed by atoms with Gasteiger partial charge in [0.2, 0.25) is 0 Å². The predicted octanol–water partition coefficient (Wildman–Crippen LogP) is 0.651. The van der Waals surface area contributed by atoms with E-state index in [-0.39, 0.29) is 6.10 Å². The van der Waals surface area contributed by atoms with Crippen LogP contribution >= 0.6 is 0 Å². The van der Waals surface area contributed by atoms with Gasteiger partial charge >= 0.3 is 0 Å². The number of hydrogen-bond acceptors (Lipinski definition) is 3. The molecule has 3 nitrogen and oxygen atoms in total. The molecule has 0 rings (SSSR count). The second-order valence-corrected chi connectivity index (χ2v) is 2.72. The minimum Gasteiger partial charge on any atom is -0.379 e. The van der Waals surface area contributed by atoms with Gasteiger partial charge in [-0.25, -0.2) is 0 Å². The van der Waals surface area contributed by atoms with Crippen LogP contribution in [0.5, 0.6) is 0 Å². The van der Waals surface area contributed by atoms with Crippen LogP contribution in [0.25, 0.3) is 0 Å². The van der Waals surface area contributed by atoms with Gasteiger partial charge in [-0.2, -0.15) is 0 Å². The summed E-state index contributed by atoms with van der Waals surface area (Å²) in [5, 5.41) is 3.04. The highest BCUT2D eigenvalue weighted by Gasteiger charge is 1.99. The molecule has 1 atom stereocenters. The molecule has 0 aromatic rings. The Morgan fingerprint density at radius 2 is 2.31 bits per heavy atom. The fourth-order valence-electron chi connectivity index (χ4n) is 0.825. The van der Waals surface area contributed by atoms with Crippen molar-refractivity contribution in [2.45, 2.75) is 20.0 Å². The van der Waals surface area contributed by atoms with E-state index in [0.29, 0.717) is 19.8 Å². The topological polar surface area (TPSA) is 30.5 Å². The summed E-state index contributed by atoms with van der Waals surface area (Å²) >= 11 is 0. The zero-order valence-electron chi connectivity index (χ0n) is 8.51. The number of hydrogen-bond donors (Lipinski definition) is 1. The Labute approximate surface area is 80.8 Å². The molecule has 0 bridgehead atoms. The van der Waals surface area contributed by atoms with E-state index < -0.39 is 0 Å². The maximum Gasteiger partial charge on any atom is 0.0781 e. The molecule has 76 valence electrons. The van der Waals surface area contributed by atoms with Crippen LogP contribution in [-0.4, -0.2) is 39.0 Å². The average Bonchev–Trinajstić information content (AvgIpc) is 2.14. The fraction of sp³-hybridized carbons (Fsp3) is 0.800. The number of ether oxygens (including phenoxy) is 2. The third-order valence-electron chi connectivity index (χ3n) is 1.46. The summed E-state index contributed by atoms with van der Waals surface area (Å²) in [6, 6.07) is 0. The van der Waals surface area contributed by atoms with Crippen molar-refractivity contribution in [2.24, 2.45) is 0 Å². The van der Waals surface area contributed by atoms with Crippen LogP contribution < -0.4 is 5.32 Å². The molecule has 0 spiro atoms. The highest BCUT2D eigenvalue weighted by Crippen LogP contribution is 1.90. The van der Waals surface area contributed by atoms with Crippen molar-refractivity contribution in [3.63, 3.8) is 0 Å². The summed E-state index contributed by atoms with van der Waals surface area (Å²) in [6.07, 6.45) is 5.22. The molecular formula is C10H19NO2. The molecule has 0 saturated carbocycles. The van der Waals surface area contributed by atoms with E-state index in [1.54, 1.807) is 0 Å². The van der Waals surface area contributed by atoms with E-state index in [1.807, 2.05) is 13.8 Å². The smallest absolute Gasteiger partial charge is 0.0781 e. The molecule has 3 heteroatoms. The molecule has 1 N–H and O–H groups in total. The Bertz CT molecular complexity index is 142. The quantitative estimate of drug-likeness (QED) is 0.445. The van der Waals surface area contributed by atoms with Gasteiger partial charge in [0.25, 0.3) is 0 Å². The molecule has 0 aromatic carbocycles. The Hall–Kier alpha value is -0.560. The summed E-state index contributed by atoms with van der Waals surface area (Å²) in [5.41, 5.74) is 0. The Kier molecular flexibility index (Phi) is 9.12. The molecule has 0 heterocycles. The third kappa shape index (κ3) is 9.35. The van der Waals surface area contributed by atoms with Gasteiger partial charge in [-0.1, -0.05) is 5.92 Å². The van der Waals surface area contributed by atoms with Crippen LogP contribution in [0, 0.1) is 12.3 Å². The zero-order valence-corrected chi connectivity index (χ0v) is 8.51. The van der Waals surface area contributed by atoms with Crippen LogP contribution in [0.2, 0.25) is 0 Å². The summed E-state index contributed by atoms with van der Waals surface area (Å²) in [7, 11) is 0. The van der Waals surface area contributed by atoms with Gasteiger partial charge in [0.1, 0.15) is 0 Å². The Balaban J connectivity index is 3.08. The summed E-state index contributed by atoms with van der Waals surface area (Å²) in [6.45, 7) is 7.44. The fourth-order valence-corrected chi connectivity index (χ4v) is 0.825. The van der Waals surface area contributed by atoms with Crippen molar-refractivity contribution in [3.8, 4) is 12.3 Å². The molecular weight excluding hydrogens is 166 g/mol. The number of nitrogens with one attached hydrogen (secondary N) is 1. The number of rotatable bonds is 8. The first-order valence-electron chi connectivity index (χ1n) is 4.64. The highest BCUT2D eigenvalue weighted by molar-refractivity contribution is 4.86. The van der Waals surface area contributed by atoms with Gasteiger partial charge in [-0.3, -0.25) is 0 Å².